The summed E-state index contributed by atoms with van der Waals surface area (Å²) in [7, 11) is 0. The second-order valence-electron chi connectivity index (χ2n) is 4.01. The number of aromatic nitrogens is 1. The zero-order valence-corrected chi connectivity index (χ0v) is 11.3. The summed E-state index contributed by atoms with van der Waals surface area (Å²) in [4.78, 5) is 12.3. The van der Waals surface area contributed by atoms with Gasteiger partial charge in [0.15, 0.2) is 0 Å². The number of nitrogens with zero attached hydrogens (tertiary/aromatic N) is 1. The number of halogens is 1. The number of hydrogen-bond acceptors (Lipinski definition) is 4. The van der Waals surface area contributed by atoms with Gasteiger partial charge < -0.3 is 4.52 Å². The first-order valence-electron chi connectivity index (χ1n) is 5.71. The molecule has 0 saturated carbocycles. The maximum Gasteiger partial charge on any atom is 0.239 e. The molecule has 1 aromatic heterocycles. The first-order chi connectivity index (χ1) is 9.06. The highest BCUT2D eigenvalue weighted by Gasteiger charge is 2.17. The quantitative estimate of drug-likeness (QED) is 0.873. The molecule has 0 aliphatic heterocycles. The number of rotatable bonds is 4. The van der Waals surface area contributed by atoms with E-state index in [-0.39, 0.29) is 11.7 Å². The van der Waals surface area contributed by atoms with Crippen molar-refractivity contribution in [3.63, 3.8) is 0 Å². The van der Waals surface area contributed by atoms with Crippen LogP contribution in [0.4, 0.5) is 10.3 Å². The van der Waals surface area contributed by atoms with Gasteiger partial charge in [-0.25, -0.2) is 4.39 Å². The molecule has 1 aromatic carbocycles. The lowest BCUT2D eigenvalue weighted by molar-refractivity contribution is -0.115. The summed E-state index contributed by atoms with van der Waals surface area (Å²) in [6, 6.07) is 7.98. The summed E-state index contributed by atoms with van der Waals surface area (Å²) < 4.78 is 18.4. The minimum absolute atomic E-state index is 0.260. The van der Waals surface area contributed by atoms with Gasteiger partial charge in [0.05, 0.1) is 10.9 Å². The second kappa shape index (κ2) is 5.88. The number of hydrogen-bond donors (Lipinski definition) is 1. The molecule has 4 nitrogen and oxygen atoms in total. The zero-order valence-electron chi connectivity index (χ0n) is 10.5. The lowest BCUT2D eigenvalue weighted by Gasteiger charge is -2.10. The zero-order chi connectivity index (χ0) is 13.8. The van der Waals surface area contributed by atoms with Gasteiger partial charge in [0.1, 0.15) is 5.82 Å². The fraction of sp³-hybridized carbons (Fsp3) is 0.231. The Hall–Kier alpha value is -1.82. The number of nitrogens with one attached hydrogen (secondary N) is 1. The van der Waals surface area contributed by atoms with E-state index in [1.165, 1.54) is 6.07 Å². The summed E-state index contributed by atoms with van der Waals surface area (Å²) in [6.45, 7) is 3.46. The molecule has 19 heavy (non-hydrogen) atoms. The predicted molar refractivity (Wildman–Crippen MR) is 71.6 cm³/mol. The van der Waals surface area contributed by atoms with Crippen molar-refractivity contribution in [1.29, 1.82) is 0 Å². The molecule has 1 atom stereocenters. The highest BCUT2D eigenvalue weighted by atomic mass is 32.2. The Labute approximate surface area is 114 Å². The van der Waals surface area contributed by atoms with Gasteiger partial charge in [-0.05, 0) is 26.0 Å². The minimum Gasteiger partial charge on any atom is -0.338 e. The molecule has 2 rings (SSSR count). The Morgan fingerprint density at radius 3 is 2.84 bits per heavy atom. The molecule has 1 heterocycles. The summed E-state index contributed by atoms with van der Waals surface area (Å²) in [5.41, 5.74) is 0.685. The van der Waals surface area contributed by atoms with Crippen LogP contribution in [0.1, 0.15) is 12.6 Å². The van der Waals surface area contributed by atoms with E-state index in [0.717, 1.165) is 11.8 Å². The van der Waals surface area contributed by atoms with Crippen LogP contribution in [0.3, 0.4) is 0 Å². The smallest absolute Gasteiger partial charge is 0.239 e. The second-order valence-corrected chi connectivity index (χ2v) is 5.39. The average molecular weight is 280 g/mol. The van der Waals surface area contributed by atoms with E-state index in [1.54, 1.807) is 38.1 Å². The molecule has 0 spiro atoms. The van der Waals surface area contributed by atoms with Crippen LogP contribution in [-0.4, -0.2) is 16.3 Å². The van der Waals surface area contributed by atoms with Gasteiger partial charge in [-0.15, -0.1) is 11.8 Å². The van der Waals surface area contributed by atoms with Crippen LogP contribution in [0.15, 0.2) is 39.8 Å². The molecule has 0 radical (unpaired) electrons. The van der Waals surface area contributed by atoms with Crippen LogP contribution < -0.4 is 5.32 Å². The van der Waals surface area contributed by atoms with E-state index in [9.17, 15) is 9.18 Å². The van der Waals surface area contributed by atoms with Crippen molar-refractivity contribution >= 4 is 23.6 Å². The maximum atomic E-state index is 13.5. The summed E-state index contributed by atoms with van der Waals surface area (Å²) in [5.74, 6) is -0.296. The number of carbonyl (C=O) groups excluding carboxylic acids is 1. The van der Waals surface area contributed by atoms with E-state index in [2.05, 4.69) is 10.5 Å². The lowest BCUT2D eigenvalue weighted by atomic mass is 10.3. The Balaban J connectivity index is 1.98. The average Bonchev–Trinajstić information content (AvgIpc) is 2.77. The van der Waals surface area contributed by atoms with Gasteiger partial charge in [-0.3, -0.25) is 10.1 Å². The molecule has 100 valence electrons. The van der Waals surface area contributed by atoms with Crippen LogP contribution in [0.2, 0.25) is 0 Å². The molecular weight excluding hydrogens is 267 g/mol. The maximum absolute atomic E-state index is 13.5. The van der Waals surface area contributed by atoms with Gasteiger partial charge in [0.25, 0.3) is 0 Å². The molecule has 0 aliphatic rings. The molecule has 1 amide bonds. The monoisotopic (exact) mass is 280 g/mol. The molecule has 0 aliphatic carbocycles. The molecule has 0 fully saturated rings. The predicted octanol–water partition coefficient (Wildman–Crippen LogP) is 3.24. The topological polar surface area (TPSA) is 55.1 Å². The lowest BCUT2D eigenvalue weighted by Crippen LogP contribution is -2.22. The molecule has 1 N–H and O–H groups in total. The fourth-order valence-corrected chi connectivity index (χ4v) is 2.31. The Bertz CT molecular complexity index is 586. The number of anilines is 1. The third kappa shape index (κ3) is 3.57. The largest absolute Gasteiger partial charge is 0.338 e. The van der Waals surface area contributed by atoms with Crippen LogP contribution in [-0.2, 0) is 4.79 Å². The van der Waals surface area contributed by atoms with E-state index < -0.39 is 5.25 Å². The third-order valence-electron chi connectivity index (χ3n) is 2.38. The van der Waals surface area contributed by atoms with Crippen molar-refractivity contribution < 1.29 is 13.7 Å². The standard InChI is InChI=1S/C13H13FN2O2S/c1-8-7-12(18-16-8)15-13(17)9(2)19-11-6-4-3-5-10(11)14/h3-7,9H,1-2H3,(H,15,17)/t9-/m1/s1. The van der Waals surface area contributed by atoms with Gasteiger partial charge in [0.2, 0.25) is 11.8 Å². The van der Waals surface area contributed by atoms with Crippen LogP contribution in [0, 0.1) is 12.7 Å². The molecule has 0 bridgehead atoms. The van der Waals surface area contributed by atoms with Crippen molar-refractivity contribution in [1.82, 2.24) is 5.16 Å². The first kappa shape index (κ1) is 13.6. The molecule has 0 unspecified atom stereocenters. The number of aryl methyl sites for hydroxylation is 1. The molecule has 0 saturated heterocycles. The summed E-state index contributed by atoms with van der Waals surface area (Å²) in [5, 5.41) is 5.82. The van der Waals surface area contributed by atoms with Crippen LogP contribution >= 0.6 is 11.8 Å². The summed E-state index contributed by atoms with van der Waals surface area (Å²) in [6.07, 6.45) is 0. The SMILES string of the molecule is Cc1cc(NC(=O)[C@@H](C)Sc2ccccc2F)on1. The van der Waals surface area contributed by atoms with Crippen molar-refractivity contribution in [2.24, 2.45) is 0 Å². The third-order valence-corrected chi connectivity index (χ3v) is 3.54. The van der Waals surface area contributed by atoms with E-state index in [4.69, 9.17) is 4.52 Å². The van der Waals surface area contributed by atoms with Crippen molar-refractivity contribution in [2.45, 2.75) is 24.0 Å². The van der Waals surface area contributed by atoms with Crippen LogP contribution in [0.25, 0.3) is 0 Å². The van der Waals surface area contributed by atoms with E-state index in [1.807, 2.05) is 0 Å². The summed E-state index contributed by atoms with van der Waals surface area (Å²) >= 11 is 1.16. The molecular formula is C13H13FN2O2S. The van der Waals surface area contributed by atoms with Gasteiger partial charge in [-0.2, -0.15) is 0 Å². The van der Waals surface area contributed by atoms with Crippen molar-refractivity contribution in [3.8, 4) is 0 Å². The number of carbonyl (C=O) groups is 1. The van der Waals surface area contributed by atoms with E-state index >= 15 is 0 Å². The van der Waals surface area contributed by atoms with Crippen molar-refractivity contribution in [2.75, 3.05) is 5.32 Å². The number of thioether (sulfide) groups is 1. The number of amides is 1. The number of benzene rings is 1. The Kier molecular flexibility index (Phi) is 4.21. The van der Waals surface area contributed by atoms with Gasteiger partial charge in [-0.1, -0.05) is 17.3 Å². The highest BCUT2D eigenvalue weighted by Crippen LogP contribution is 2.26. The fourth-order valence-electron chi connectivity index (χ4n) is 1.43. The first-order valence-corrected chi connectivity index (χ1v) is 6.59. The Morgan fingerprint density at radius 2 is 2.21 bits per heavy atom. The van der Waals surface area contributed by atoms with Crippen molar-refractivity contribution in [3.05, 3.63) is 41.8 Å². The van der Waals surface area contributed by atoms with Crippen LogP contribution in [0.5, 0.6) is 0 Å². The normalized spacial score (nSPS) is 12.2. The molecule has 6 heteroatoms. The minimum atomic E-state index is -0.442. The molecule has 2 aromatic rings. The Morgan fingerprint density at radius 1 is 1.47 bits per heavy atom. The van der Waals surface area contributed by atoms with Gasteiger partial charge >= 0.3 is 0 Å². The van der Waals surface area contributed by atoms with Gasteiger partial charge in [0, 0.05) is 11.0 Å². The highest BCUT2D eigenvalue weighted by molar-refractivity contribution is 8.00. The van der Waals surface area contributed by atoms with E-state index in [0.29, 0.717) is 16.5 Å².